The van der Waals surface area contributed by atoms with E-state index < -0.39 is 0 Å². The van der Waals surface area contributed by atoms with E-state index in [1.165, 1.54) is 6.07 Å². The SMILES string of the molecule is Cc1[nH]nc(NC(=O)c2cc(N)n[nH]2)c1C. The number of aryl methyl sites for hydroxylation is 1. The number of nitrogen functional groups attached to an aromatic ring is 1. The molecule has 16 heavy (non-hydrogen) atoms. The van der Waals surface area contributed by atoms with Crippen LogP contribution in [0.4, 0.5) is 11.6 Å². The van der Waals surface area contributed by atoms with Gasteiger partial charge < -0.3 is 11.1 Å². The van der Waals surface area contributed by atoms with Crippen LogP contribution >= 0.6 is 0 Å². The predicted octanol–water partition coefficient (Wildman–Crippen LogP) is 0.584. The van der Waals surface area contributed by atoms with Crippen LogP contribution in [-0.4, -0.2) is 26.3 Å². The Balaban J connectivity index is 2.17. The lowest BCUT2D eigenvalue weighted by Gasteiger charge is -1.99. The highest BCUT2D eigenvalue weighted by molar-refractivity contribution is 6.03. The molecule has 7 heteroatoms. The van der Waals surface area contributed by atoms with Crippen molar-refractivity contribution < 1.29 is 4.79 Å². The van der Waals surface area contributed by atoms with Crippen molar-refractivity contribution in [2.24, 2.45) is 0 Å². The fourth-order valence-electron chi connectivity index (χ4n) is 1.24. The lowest BCUT2D eigenvalue weighted by molar-refractivity contribution is 0.102. The highest BCUT2D eigenvalue weighted by atomic mass is 16.2. The summed E-state index contributed by atoms with van der Waals surface area (Å²) < 4.78 is 0. The number of amides is 1. The van der Waals surface area contributed by atoms with Gasteiger partial charge in [0.15, 0.2) is 5.82 Å². The average Bonchev–Trinajstić information content (AvgIpc) is 2.79. The van der Waals surface area contributed by atoms with Crippen molar-refractivity contribution in [2.45, 2.75) is 13.8 Å². The van der Waals surface area contributed by atoms with E-state index in [9.17, 15) is 4.79 Å². The summed E-state index contributed by atoms with van der Waals surface area (Å²) in [5.41, 5.74) is 7.52. The van der Waals surface area contributed by atoms with Crippen LogP contribution in [0.25, 0.3) is 0 Å². The number of carbonyl (C=O) groups excluding carboxylic acids is 1. The molecule has 0 saturated carbocycles. The van der Waals surface area contributed by atoms with Crippen LogP contribution in [0, 0.1) is 13.8 Å². The van der Waals surface area contributed by atoms with Gasteiger partial charge in [-0.15, -0.1) is 0 Å². The molecule has 5 N–H and O–H groups in total. The smallest absolute Gasteiger partial charge is 0.274 e. The molecular formula is C9H12N6O. The molecule has 0 atom stereocenters. The number of hydrogen-bond acceptors (Lipinski definition) is 4. The van der Waals surface area contributed by atoms with E-state index in [4.69, 9.17) is 5.73 Å². The van der Waals surface area contributed by atoms with Crippen molar-refractivity contribution in [3.63, 3.8) is 0 Å². The zero-order valence-corrected chi connectivity index (χ0v) is 8.96. The fourth-order valence-corrected chi connectivity index (χ4v) is 1.24. The molecule has 0 aliphatic heterocycles. The van der Waals surface area contributed by atoms with Crippen molar-refractivity contribution in [1.82, 2.24) is 20.4 Å². The van der Waals surface area contributed by atoms with Crippen LogP contribution in [0.2, 0.25) is 0 Å². The molecule has 2 rings (SSSR count). The molecule has 0 bridgehead atoms. The topological polar surface area (TPSA) is 112 Å². The number of hydrogen-bond donors (Lipinski definition) is 4. The third kappa shape index (κ3) is 1.74. The Hall–Kier alpha value is -2.31. The Kier molecular flexibility index (Phi) is 2.35. The second kappa shape index (κ2) is 3.69. The van der Waals surface area contributed by atoms with Crippen molar-refractivity contribution >= 4 is 17.5 Å². The maximum absolute atomic E-state index is 11.7. The number of nitrogens with one attached hydrogen (secondary N) is 3. The molecule has 0 aromatic carbocycles. The Morgan fingerprint density at radius 2 is 2.12 bits per heavy atom. The van der Waals surface area contributed by atoms with Gasteiger partial charge in [-0.25, -0.2) is 0 Å². The molecule has 2 heterocycles. The van der Waals surface area contributed by atoms with Crippen molar-refractivity contribution in [1.29, 1.82) is 0 Å². The van der Waals surface area contributed by atoms with Crippen molar-refractivity contribution in [3.8, 4) is 0 Å². The van der Waals surface area contributed by atoms with Crippen LogP contribution in [-0.2, 0) is 0 Å². The number of aromatic amines is 2. The van der Waals surface area contributed by atoms with E-state index in [2.05, 4.69) is 25.7 Å². The lowest BCUT2D eigenvalue weighted by atomic mass is 10.3. The van der Waals surface area contributed by atoms with E-state index in [1.807, 2.05) is 13.8 Å². The summed E-state index contributed by atoms with van der Waals surface area (Å²) in [6.45, 7) is 3.75. The molecule has 84 valence electrons. The Morgan fingerprint density at radius 1 is 1.38 bits per heavy atom. The fraction of sp³-hybridized carbons (Fsp3) is 0.222. The van der Waals surface area contributed by atoms with Gasteiger partial charge in [-0.2, -0.15) is 10.2 Å². The second-order valence-corrected chi connectivity index (χ2v) is 3.48. The van der Waals surface area contributed by atoms with Gasteiger partial charge >= 0.3 is 0 Å². The number of rotatable bonds is 2. The molecule has 2 aromatic heterocycles. The highest BCUT2D eigenvalue weighted by Crippen LogP contribution is 2.14. The normalized spacial score (nSPS) is 10.4. The van der Waals surface area contributed by atoms with Crippen molar-refractivity contribution in [3.05, 3.63) is 23.0 Å². The van der Waals surface area contributed by atoms with Gasteiger partial charge in [0.25, 0.3) is 5.91 Å². The first-order valence-electron chi connectivity index (χ1n) is 4.71. The quantitative estimate of drug-likeness (QED) is 0.593. The number of nitrogens with zero attached hydrogens (tertiary/aromatic N) is 2. The molecule has 0 aliphatic rings. The summed E-state index contributed by atoms with van der Waals surface area (Å²) in [5, 5.41) is 15.6. The Labute approximate surface area is 91.4 Å². The van der Waals surface area contributed by atoms with E-state index in [0.29, 0.717) is 11.5 Å². The van der Waals surface area contributed by atoms with Crippen LogP contribution in [0.1, 0.15) is 21.7 Å². The maximum Gasteiger partial charge on any atom is 0.274 e. The Morgan fingerprint density at radius 3 is 2.62 bits per heavy atom. The molecule has 0 aliphatic carbocycles. The summed E-state index contributed by atoms with van der Waals surface area (Å²) in [5.74, 6) is 0.467. The molecule has 1 amide bonds. The molecule has 0 saturated heterocycles. The number of H-pyrrole nitrogens is 2. The van der Waals surface area contributed by atoms with Gasteiger partial charge in [-0.05, 0) is 13.8 Å². The molecule has 7 nitrogen and oxygen atoms in total. The first-order valence-corrected chi connectivity index (χ1v) is 4.71. The minimum absolute atomic E-state index is 0.278. The molecular weight excluding hydrogens is 208 g/mol. The molecule has 0 spiro atoms. The second-order valence-electron chi connectivity index (χ2n) is 3.48. The third-order valence-corrected chi connectivity index (χ3v) is 2.33. The van der Waals surface area contributed by atoms with E-state index >= 15 is 0 Å². The minimum atomic E-state index is -0.321. The van der Waals surface area contributed by atoms with Crippen LogP contribution in [0.3, 0.4) is 0 Å². The minimum Gasteiger partial charge on any atom is -0.382 e. The number of carbonyl (C=O) groups is 1. The standard InChI is InChI=1S/C9H12N6O/c1-4-5(2)12-15-8(4)11-9(16)6-3-7(10)14-13-6/h3H,1-2H3,(H3,10,13,14)(H2,11,12,15,16). The lowest BCUT2D eigenvalue weighted by Crippen LogP contribution is -2.13. The average molecular weight is 220 g/mol. The van der Waals surface area contributed by atoms with Gasteiger partial charge in [-0.1, -0.05) is 0 Å². The first kappa shape index (κ1) is 10.2. The maximum atomic E-state index is 11.7. The molecule has 0 unspecified atom stereocenters. The van der Waals surface area contributed by atoms with E-state index in [-0.39, 0.29) is 11.7 Å². The van der Waals surface area contributed by atoms with Gasteiger partial charge in [0.05, 0.1) is 0 Å². The van der Waals surface area contributed by atoms with E-state index in [0.717, 1.165) is 11.3 Å². The van der Waals surface area contributed by atoms with Crippen LogP contribution < -0.4 is 11.1 Å². The predicted molar refractivity (Wildman–Crippen MR) is 59.0 cm³/mol. The largest absolute Gasteiger partial charge is 0.382 e. The summed E-state index contributed by atoms with van der Waals surface area (Å²) in [6.07, 6.45) is 0. The Bertz CT molecular complexity index is 526. The monoisotopic (exact) mass is 220 g/mol. The first-order chi connectivity index (χ1) is 7.58. The van der Waals surface area contributed by atoms with Crippen LogP contribution in [0.5, 0.6) is 0 Å². The number of anilines is 2. The zero-order chi connectivity index (χ0) is 11.7. The number of aromatic nitrogens is 4. The summed E-state index contributed by atoms with van der Waals surface area (Å²) in [7, 11) is 0. The van der Waals surface area contributed by atoms with Gasteiger partial charge in [0, 0.05) is 17.3 Å². The summed E-state index contributed by atoms with van der Waals surface area (Å²) >= 11 is 0. The van der Waals surface area contributed by atoms with Gasteiger partial charge in [0.2, 0.25) is 0 Å². The number of nitrogens with two attached hydrogens (primary N) is 1. The van der Waals surface area contributed by atoms with Crippen LogP contribution in [0.15, 0.2) is 6.07 Å². The van der Waals surface area contributed by atoms with Crippen molar-refractivity contribution in [2.75, 3.05) is 11.1 Å². The van der Waals surface area contributed by atoms with Gasteiger partial charge in [0.1, 0.15) is 11.5 Å². The van der Waals surface area contributed by atoms with E-state index in [1.54, 1.807) is 0 Å². The molecule has 0 radical (unpaired) electrons. The highest BCUT2D eigenvalue weighted by Gasteiger charge is 2.12. The summed E-state index contributed by atoms with van der Waals surface area (Å²) in [4.78, 5) is 11.7. The third-order valence-electron chi connectivity index (χ3n) is 2.33. The molecule has 2 aromatic rings. The molecule has 0 fully saturated rings. The summed E-state index contributed by atoms with van der Waals surface area (Å²) in [6, 6.07) is 1.46. The van der Waals surface area contributed by atoms with Gasteiger partial charge in [-0.3, -0.25) is 15.0 Å². The zero-order valence-electron chi connectivity index (χ0n) is 8.96.